The molecule has 0 saturated heterocycles. The highest BCUT2D eigenvalue weighted by atomic mass is 35.5. The van der Waals surface area contributed by atoms with Crippen LogP contribution in [0.4, 0.5) is 10.1 Å². The Labute approximate surface area is 173 Å². The summed E-state index contributed by atoms with van der Waals surface area (Å²) in [4.78, 5) is 28.6. The lowest BCUT2D eigenvalue weighted by Gasteiger charge is -2.07. The molecule has 0 aliphatic carbocycles. The van der Waals surface area contributed by atoms with Crippen LogP contribution in [0, 0.1) is 5.82 Å². The summed E-state index contributed by atoms with van der Waals surface area (Å²) in [7, 11) is 0. The van der Waals surface area contributed by atoms with E-state index in [9.17, 15) is 14.0 Å². The minimum atomic E-state index is -0.474. The Bertz CT molecular complexity index is 1270. The fraction of sp³-hybridized carbons (Fsp3) is 0.0500. The topological polar surface area (TPSA) is 103 Å². The van der Waals surface area contributed by atoms with E-state index in [1.54, 1.807) is 24.3 Å². The Balaban J connectivity index is 1.54. The number of halogens is 2. The second-order valence-electron chi connectivity index (χ2n) is 6.20. The van der Waals surface area contributed by atoms with Gasteiger partial charge in [0.2, 0.25) is 11.7 Å². The lowest BCUT2D eigenvalue weighted by Crippen LogP contribution is -2.29. The zero-order valence-corrected chi connectivity index (χ0v) is 16.0. The Hall–Kier alpha value is -3.85. The first-order valence-corrected chi connectivity index (χ1v) is 9.09. The summed E-state index contributed by atoms with van der Waals surface area (Å²) in [5.41, 5.74) is 0.794. The van der Waals surface area contributed by atoms with Crippen LogP contribution in [0.2, 0.25) is 5.02 Å². The van der Waals surface area contributed by atoms with Crippen LogP contribution >= 0.6 is 11.6 Å². The standard InChI is InChI=1S/C20H13ClFN5O3/c21-13-2-1-3-15(10-13)23-17(28)11-27-18(29)9-8-16(25-27)20-24-19(26-30-20)12-4-6-14(22)7-5-12/h1-10H,11H2,(H,23,28). The third-order valence-corrected chi connectivity index (χ3v) is 4.25. The second kappa shape index (κ2) is 8.26. The van der Waals surface area contributed by atoms with E-state index in [1.807, 2.05) is 0 Å². The molecule has 0 radical (unpaired) electrons. The zero-order chi connectivity index (χ0) is 21.1. The highest BCUT2D eigenvalue weighted by Gasteiger charge is 2.14. The van der Waals surface area contributed by atoms with Crippen LogP contribution in [-0.4, -0.2) is 25.8 Å². The molecule has 4 rings (SSSR count). The van der Waals surface area contributed by atoms with E-state index in [0.717, 1.165) is 4.68 Å². The smallest absolute Gasteiger partial charge is 0.278 e. The minimum absolute atomic E-state index is 0.0540. The maximum absolute atomic E-state index is 13.1. The zero-order valence-electron chi connectivity index (χ0n) is 15.3. The van der Waals surface area contributed by atoms with Crippen LogP contribution in [0.15, 0.2) is 70.0 Å². The van der Waals surface area contributed by atoms with Gasteiger partial charge in [-0.25, -0.2) is 9.07 Å². The van der Waals surface area contributed by atoms with Gasteiger partial charge in [-0.1, -0.05) is 22.8 Å². The predicted octanol–water partition coefficient (Wildman–Crippen LogP) is 3.39. The van der Waals surface area contributed by atoms with E-state index in [4.69, 9.17) is 16.1 Å². The Morgan fingerprint density at radius 2 is 1.93 bits per heavy atom. The highest BCUT2D eigenvalue weighted by molar-refractivity contribution is 6.30. The molecule has 2 heterocycles. The van der Waals surface area contributed by atoms with Crippen LogP contribution in [0.25, 0.3) is 23.0 Å². The first-order chi connectivity index (χ1) is 14.5. The van der Waals surface area contributed by atoms with Gasteiger partial charge in [0.1, 0.15) is 18.1 Å². The van der Waals surface area contributed by atoms with Gasteiger partial charge in [-0.2, -0.15) is 10.1 Å². The van der Waals surface area contributed by atoms with Crippen LogP contribution in [0.1, 0.15) is 0 Å². The number of nitrogens with zero attached hydrogens (tertiary/aromatic N) is 4. The lowest BCUT2D eigenvalue weighted by atomic mass is 10.2. The number of nitrogens with one attached hydrogen (secondary N) is 1. The number of hydrogen-bond donors (Lipinski definition) is 1. The number of benzene rings is 2. The lowest BCUT2D eigenvalue weighted by molar-refractivity contribution is -0.117. The molecule has 0 aliphatic heterocycles. The molecule has 0 saturated carbocycles. The molecular formula is C20H13ClFN5O3. The van der Waals surface area contributed by atoms with E-state index >= 15 is 0 Å². The van der Waals surface area contributed by atoms with Crippen molar-refractivity contribution < 1.29 is 13.7 Å². The molecule has 2 aromatic carbocycles. The fourth-order valence-corrected chi connectivity index (χ4v) is 2.81. The van der Waals surface area contributed by atoms with Crippen molar-refractivity contribution in [3.63, 3.8) is 0 Å². The van der Waals surface area contributed by atoms with Crippen molar-refractivity contribution in [1.29, 1.82) is 0 Å². The van der Waals surface area contributed by atoms with Gasteiger partial charge in [0, 0.05) is 22.3 Å². The molecule has 0 atom stereocenters. The molecule has 150 valence electrons. The minimum Gasteiger partial charge on any atom is -0.332 e. The number of amides is 1. The van der Waals surface area contributed by atoms with E-state index in [1.165, 1.54) is 36.4 Å². The van der Waals surface area contributed by atoms with Gasteiger partial charge in [-0.3, -0.25) is 9.59 Å². The monoisotopic (exact) mass is 425 g/mol. The molecular weight excluding hydrogens is 413 g/mol. The average Bonchev–Trinajstić information content (AvgIpc) is 3.20. The first-order valence-electron chi connectivity index (χ1n) is 8.71. The molecule has 0 spiro atoms. The molecule has 30 heavy (non-hydrogen) atoms. The third-order valence-electron chi connectivity index (χ3n) is 4.02. The fourth-order valence-electron chi connectivity index (χ4n) is 2.62. The summed E-state index contributed by atoms with van der Waals surface area (Å²) in [5.74, 6) is -0.546. The maximum atomic E-state index is 13.1. The molecule has 0 unspecified atom stereocenters. The quantitative estimate of drug-likeness (QED) is 0.525. The Morgan fingerprint density at radius 3 is 2.70 bits per heavy atom. The summed E-state index contributed by atoms with van der Waals surface area (Å²) in [5, 5.41) is 11.1. The predicted molar refractivity (Wildman–Crippen MR) is 107 cm³/mol. The SMILES string of the molecule is O=C(Cn1nc(-c2nc(-c3ccc(F)cc3)no2)ccc1=O)Nc1cccc(Cl)c1. The normalized spacial score (nSPS) is 10.7. The highest BCUT2D eigenvalue weighted by Crippen LogP contribution is 2.20. The van der Waals surface area contributed by atoms with Gasteiger partial charge in [-0.15, -0.1) is 0 Å². The van der Waals surface area contributed by atoms with Crippen molar-refractivity contribution in [2.45, 2.75) is 6.54 Å². The first kappa shape index (κ1) is 19.5. The van der Waals surface area contributed by atoms with Crippen LogP contribution in [0.5, 0.6) is 0 Å². The van der Waals surface area contributed by atoms with Gasteiger partial charge in [0.25, 0.3) is 11.4 Å². The molecule has 0 bridgehead atoms. The van der Waals surface area contributed by atoms with Crippen molar-refractivity contribution in [1.82, 2.24) is 19.9 Å². The van der Waals surface area contributed by atoms with Gasteiger partial charge in [0.05, 0.1) is 0 Å². The third kappa shape index (κ3) is 4.41. The van der Waals surface area contributed by atoms with E-state index in [0.29, 0.717) is 16.3 Å². The van der Waals surface area contributed by atoms with Gasteiger partial charge in [0.15, 0.2) is 0 Å². The number of anilines is 1. The molecule has 0 aliphatic rings. The summed E-state index contributed by atoms with van der Waals surface area (Å²) < 4.78 is 19.2. The number of aromatic nitrogens is 4. The molecule has 0 fully saturated rings. The van der Waals surface area contributed by atoms with Crippen molar-refractivity contribution >= 4 is 23.2 Å². The molecule has 10 heteroatoms. The summed E-state index contributed by atoms with van der Waals surface area (Å²) in [6.07, 6.45) is 0. The van der Waals surface area contributed by atoms with Gasteiger partial charge < -0.3 is 9.84 Å². The van der Waals surface area contributed by atoms with Crippen molar-refractivity contribution in [2.75, 3.05) is 5.32 Å². The average molecular weight is 426 g/mol. The van der Waals surface area contributed by atoms with E-state index in [-0.39, 0.29) is 29.8 Å². The van der Waals surface area contributed by atoms with Gasteiger partial charge >= 0.3 is 0 Å². The molecule has 8 nitrogen and oxygen atoms in total. The molecule has 1 amide bonds. The largest absolute Gasteiger partial charge is 0.332 e. The molecule has 2 aromatic heterocycles. The van der Waals surface area contributed by atoms with Crippen LogP contribution < -0.4 is 10.9 Å². The van der Waals surface area contributed by atoms with Gasteiger partial charge in [-0.05, 0) is 48.5 Å². The van der Waals surface area contributed by atoms with Crippen molar-refractivity contribution in [2.24, 2.45) is 0 Å². The molecule has 1 N–H and O–H groups in total. The van der Waals surface area contributed by atoms with E-state index < -0.39 is 11.5 Å². The number of carbonyl (C=O) groups is 1. The van der Waals surface area contributed by atoms with Crippen molar-refractivity contribution in [3.8, 4) is 23.0 Å². The van der Waals surface area contributed by atoms with Crippen LogP contribution in [0.3, 0.4) is 0 Å². The summed E-state index contributed by atoms with van der Waals surface area (Å²) >= 11 is 5.90. The Kier molecular flexibility index (Phi) is 5.36. The maximum Gasteiger partial charge on any atom is 0.278 e. The van der Waals surface area contributed by atoms with E-state index in [2.05, 4.69) is 20.6 Å². The van der Waals surface area contributed by atoms with Crippen LogP contribution in [-0.2, 0) is 11.3 Å². The number of rotatable bonds is 5. The second-order valence-corrected chi connectivity index (χ2v) is 6.64. The summed E-state index contributed by atoms with van der Waals surface area (Å²) in [6, 6.07) is 14.9. The Morgan fingerprint density at radius 1 is 1.13 bits per heavy atom. The number of hydrogen-bond acceptors (Lipinski definition) is 6. The number of carbonyl (C=O) groups excluding carboxylic acids is 1. The summed E-state index contributed by atoms with van der Waals surface area (Å²) in [6.45, 7) is -0.321. The van der Waals surface area contributed by atoms with Crippen molar-refractivity contribution in [3.05, 3.63) is 81.9 Å². The molecule has 4 aromatic rings.